The molecule has 0 amide bonds. The highest BCUT2D eigenvalue weighted by Gasteiger charge is 1.95. The summed E-state index contributed by atoms with van der Waals surface area (Å²) in [4.78, 5) is 18.2. The summed E-state index contributed by atoms with van der Waals surface area (Å²) in [6, 6.07) is 0. The Morgan fingerprint density at radius 3 is 2.75 bits per heavy atom. The van der Waals surface area contributed by atoms with Crippen molar-refractivity contribution in [2.45, 2.75) is 18.5 Å². The minimum absolute atomic E-state index is 0.557. The molecule has 0 atom stereocenters. The SMILES string of the molecule is Cc1cnc(SCCC=O)nc1. The van der Waals surface area contributed by atoms with E-state index < -0.39 is 0 Å². The summed E-state index contributed by atoms with van der Waals surface area (Å²) in [7, 11) is 0. The van der Waals surface area contributed by atoms with E-state index in [-0.39, 0.29) is 0 Å². The van der Waals surface area contributed by atoms with Crippen LogP contribution in [0.25, 0.3) is 0 Å². The number of rotatable bonds is 4. The molecule has 0 radical (unpaired) electrons. The van der Waals surface area contributed by atoms with E-state index in [9.17, 15) is 4.79 Å². The minimum atomic E-state index is 0.557. The van der Waals surface area contributed by atoms with Gasteiger partial charge in [-0.1, -0.05) is 11.8 Å². The topological polar surface area (TPSA) is 42.9 Å². The van der Waals surface area contributed by atoms with Gasteiger partial charge in [-0.2, -0.15) is 0 Å². The van der Waals surface area contributed by atoms with Crippen LogP contribution < -0.4 is 0 Å². The number of aromatic nitrogens is 2. The Balaban J connectivity index is 2.42. The Labute approximate surface area is 75.6 Å². The Hall–Kier alpha value is -0.900. The molecule has 1 rings (SSSR count). The molecule has 64 valence electrons. The smallest absolute Gasteiger partial charge is 0.187 e. The summed E-state index contributed by atoms with van der Waals surface area (Å²) in [5.74, 6) is 0.757. The van der Waals surface area contributed by atoms with Crippen LogP contribution in [-0.4, -0.2) is 22.0 Å². The largest absolute Gasteiger partial charge is 0.303 e. The van der Waals surface area contributed by atoms with E-state index in [2.05, 4.69) is 9.97 Å². The quantitative estimate of drug-likeness (QED) is 0.306. The number of nitrogens with zero attached hydrogens (tertiary/aromatic N) is 2. The van der Waals surface area contributed by atoms with Gasteiger partial charge in [0.2, 0.25) is 0 Å². The molecule has 3 nitrogen and oxygen atoms in total. The standard InChI is InChI=1S/C8H10N2OS/c1-7-5-9-8(10-6-7)12-4-2-3-11/h3,5-6H,2,4H2,1H3. The van der Waals surface area contributed by atoms with Gasteiger partial charge in [0, 0.05) is 24.6 Å². The van der Waals surface area contributed by atoms with Crippen molar-refractivity contribution in [2.24, 2.45) is 0 Å². The average Bonchev–Trinajstić information content (AvgIpc) is 2.09. The van der Waals surface area contributed by atoms with Gasteiger partial charge in [-0.3, -0.25) is 0 Å². The van der Waals surface area contributed by atoms with Gasteiger partial charge in [-0.05, 0) is 12.5 Å². The lowest BCUT2D eigenvalue weighted by Crippen LogP contribution is -1.88. The first kappa shape index (κ1) is 9.19. The Morgan fingerprint density at radius 1 is 1.50 bits per heavy atom. The number of hydrogen-bond acceptors (Lipinski definition) is 4. The highest BCUT2D eigenvalue weighted by molar-refractivity contribution is 7.99. The summed E-state index contributed by atoms with van der Waals surface area (Å²) >= 11 is 1.50. The Kier molecular flexibility index (Phi) is 3.73. The summed E-state index contributed by atoms with van der Waals surface area (Å²) in [5.41, 5.74) is 1.05. The summed E-state index contributed by atoms with van der Waals surface area (Å²) in [5, 5.41) is 0.738. The van der Waals surface area contributed by atoms with Gasteiger partial charge in [0.15, 0.2) is 5.16 Å². The molecule has 1 heterocycles. The zero-order chi connectivity index (χ0) is 8.81. The molecule has 0 unspecified atom stereocenters. The lowest BCUT2D eigenvalue weighted by Gasteiger charge is -1.96. The van der Waals surface area contributed by atoms with Crippen molar-refractivity contribution in [3.05, 3.63) is 18.0 Å². The molecule has 0 spiro atoms. The molecule has 0 saturated heterocycles. The van der Waals surface area contributed by atoms with Gasteiger partial charge >= 0.3 is 0 Å². The van der Waals surface area contributed by atoms with E-state index >= 15 is 0 Å². The number of hydrogen-bond donors (Lipinski definition) is 0. The highest BCUT2D eigenvalue weighted by atomic mass is 32.2. The highest BCUT2D eigenvalue weighted by Crippen LogP contribution is 2.11. The second-order valence-corrected chi connectivity index (χ2v) is 3.41. The molecule has 4 heteroatoms. The van der Waals surface area contributed by atoms with Gasteiger partial charge in [-0.25, -0.2) is 9.97 Å². The molecule has 1 aromatic heterocycles. The van der Waals surface area contributed by atoms with Crippen LogP contribution in [0, 0.1) is 6.92 Å². The summed E-state index contributed by atoms with van der Waals surface area (Å²) in [6.45, 7) is 1.94. The van der Waals surface area contributed by atoms with Crippen molar-refractivity contribution in [3.8, 4) is 0 Å². The Morgan fingerprint density at radius 2 is 2.17 bits per heavy atom. The molecule has 0 saturated carbocycles. The molecule has 0 aliphatic heterocycles. The zero-order valence-electron chi connectivity index (χ0n) is 6.86. The fourth-order valence-electron chi connectivity index (χ4n) is 0.654. The van der Waals surface area contributed by atoms with E-state index in [1.807, 2.05) is 6.92 Å². The van der Waals surface area contributed by atoms with Crippen LogP contribution in [0.3, 0.4) is 0 Å². The van der Waals surface area contributed by atoms with Crippen molar-refractivity contribution in [3.63, 3.8) is 0 Å². The van der Waals surface area contributed by atoms with Crippen molar-refractivity contribution < 1.29 is 4.79 Å². The van der Waals surface area contributed by atoms with Crippen LogP contribution in [0.4, 0.5) is 0 Å². The number of carbonyl (C=O) groups is 1. The Bertz CT molecular complexity index is 248. The fraction of sp³-hybridized carbons (Fsp3) is 0.375. The molecule has 0 N–H and O–H groups in total. The normalized spacial score (nSPS) is 9.75. The van der Waals surface area contributed by atoms with E-state index in [4.69, 9.17) is 0 Å². The third kappa shape index (κ3) is 3.00. The van der Waals surface area contributed by atoms with Crippen molar-refractivity contribution in [2.75, 3.05) is 5.75 Å². The van der Waals surface area contributed by atoms with Crippen molar-refractivity contribution >= 4 is 18.0 Å². The molecule has 0 aliphatic rings. The number of carbonyl (C=O) groups excluding carboxylic acids is 1. The first-order valence-electron chi connectivity index (χ1n) is 3.68. The van der Waals surface area contributed by atoms with E-state index in [0.717, 1.165) is 22.8 Å². The molecule has 0 fully saturated rings. The van der Waals surface area contributed by atoms with E-state index in [1.54, 1.807) is 12.4 Å². The molecular formula is C8H10N2OS. The van der Waals surface area contributed by atoms with E-state index in [0.29, 0.717) is 6.42 Å². The third-order valence-electron chi connectivity index (χ3n) is 1.22. The molecule has 12 heavy (non-hydrogen) atoms. The molecule has 0 bridgehead atoms. The molecule has 1 aromatic rings. The first-order valence-corrected chi connectivity index (χ1v) is 4.66. The molecule has 0 aromatic carbocycles. The monoisotopic (exact) mass is 182 g/mol. The maximum absolute atomic E-state index is 10.00. The second kappa shape index (κ2) is 4.87. The van der Waals surface area contributed by atoms with Crippen LogP contribution in [0.15, 0.2) is 17.6 Å². The lowest BCUT2D eigenvalue weighted by atomic mass is 10.4. The van der Waals surface area contributed by atoms with E-state index in [1.165, 1.54) is 11.8 Å². The zero-order valence-corrected chi connectivity index (χ0v) is 7.67. The van der Waals surface area contributed by atoms with Gasteiger partial charge in [-0.15, -0.1) is 0 Å². The van der Waals surface area contributed by atoms with Crippen LogP contribution >= 0.6 is 11.8 Å². The van der Waals surface area contributed by atoms with Crippen LogP contribution in [0.1, 0.15) is 12.0 Å². The first-order chi connectivity index (χ1) is 5.83. The number of aryl methyl sites for hydroxylation is 1. The molecule has 0 aliphatic carbocycles. The summed E-state index contributed by atoms with van der Waals surface area (Å²) in [6.07, 6.45) is 5.01. The number of thioether (sulfide) groups is 1. The predicted molar refractivity (Wildman–Crippen MR) is 48.2 cm³/mol. The van der Waals surface area contributed by atoms with Crippen molar-refractivity contribution in [1.29, 1.82) is 0 Å². The number of aldehydes is 1. The van der Waals surface area contributed by atoms with Crippen LogP contribution in [0.2, 0.25) is 0 Å². The van der Waals surface area contributed by atoms with Crippen LogP contribution in [-0.2, 0) is 4.79 Å². The van der Waals surface area contributed by atoms with Gasteiger partial charge in [0.25, 0.3) is 0 Å². The second-order valence-electron chi connectivity index (χ2n) is 2.35. The average molecular weight is 182 g/mol. The van der Waals surface area contributed by atoms with Gasteiger partial charge in [0.1, 0.15) is 6.29 Å². The lowest BCUT2D eigenvalue weighted by molar-refractivity contribution is -0.107. The maximum atomic E-state index is 10.00. The predicted octanol–water partition coefficient (Wildman–Crippen LogP) is 1.47. The maximum Gasteiger partial charge on any atom is 0.187 e. The fourth-order valence-corrected chi connectivity index (χ4v) is 1.30. The third-order valence-corrected chi connectivity index (χ3v) is 2.13. The van der Waals surface area contributed by atoms with Gasteiger partial charge in [0.05, 0.1) is 0 Å². The van der Waals surface area contributed by atoms with Crippen molar-refractivity contribution in [1.82, 2.24) is 9.97 Å². The minimum Gasteiger partial charge on any atom is -0.303 e. The van der Waals surface area contributed by atoms with Crippen LogP contribution in [0.5, 0.6) is 0 Å². The molecular weight excluding hydrogens is 172 g/mol. The summed E-state index contributed by atoms with van der Waals surface area (Å²) < 4.78 is 0. The van der Waals surface area contributed by atoms with Gasteiger partial charge < -0.3 is 4.79 Å².